The summed E-state index contributed by atoms with van der Waals surface area (Å²) in [7, 11) is -3.58. The SMILES string of the molecule is CC(=O)Nc1ccc(S(=O)(=O)N2CCCC3=C[C@H]4C[C@@H](CN5CCCC[C@@H]45)[C@H]32)cc1. The average Bonchev–Trinajstić information content (AvgIpc) is 2.73. The summed E-state index contributed by atoms with van der Waals surface area (Å²) in [6.07, 6.45) is 9.35. The van der Waals surface area contributed by atoms with E-state index in [4.69, 9.17) is 0 Å². The van der Waals surface area contributed by atoms with Crippen molar-refractivity contribution in [2.75, 3.05) is 25.0 Å². The van der Waals surface area contributed by atoms with E-state index in [0.717, 1.165) is 32.4 Å². The quantitative estimate of drug-likeness (QED) is 0.749. The third-order valence-electron chi connectivity index (χ3n) is 7.39. The molecule has 4 atom stereocenters. The topological polar surface area (TPSA) is 69.7 Å². The van der Waals surface area contributed by atoms with Gasteiger partial charge in [-0.05, 0) is 74.8 Å². The molecule has 3 heterocycles. The molecular weight excluding hydrogens is 398 g/mol. The fraction of sp³-hybridized carbons (Fsp3) is 0.609. The van der Waals surface area contributed by atoms with Crippen LogP contribution in [0.25, 0.3) is 0 Å². The van der Waals surface area contributed by atoms with Gasteiger partial charge in [0.1, 0.15) is 0 Å². The highest BCUT2D eigenvalue weighted by Crippen LogP contribution is 2.46. The van der Waals surface area contributed by atoms with E-state index >= 15 is 0 Å². The van der Waals surface area contributed by atoms with Crippen molar-refractivity contribution in [1.82, 2.24) is 9.21 Å². The number of hydrogen-bond donors (Lipinski definition) is 1. The van der Waals surface area contributed by atoms with E-state index in [-0.39, 0.29) is 11.9 Å². The minimum Gasteiger partial charge on any atom is -0.326 e. The molecule has 0 unspecified atom stereocenters. The van der Waals surface area contributed by atoms with Crippen LogP contribution in [0.4, 0.5) is 5.69 Å². The first kappa shape index (κ1) is 20.2. The molecule has 162 valence electrons. The standard InChI is InChI=1S/C23H31N3O3S/c1-16(27)24-20-7-9-21(10-8-20)30(28,29)26-12-4-5-17-13-18-14-19(23(17)26)15-25-11-3-2-6-22(18)25/h7-10,13,18-19,22-23H,2-6,11-12,14-15H2,1H3,(H,24,27)/t18-,19-,22-,23-/m0/s1. The van der Waals surface area contributed by atoms with E-state index < -0.39 is 10.0 Å². The van der Waals surface area contributed by atoms with Gasteiger partial charge in [-0.2, -0.15) is 4.31 Å². The van der Waals surface area contributed by atoms with Crippen LogP contribution in [0.3, 0.4) is 0 Å². The van der Waals surface area contributed by atoms with E-state index in [1.807, 2.05) is 0 Å². The number of rotatable bonds is 3. The van der Waals surface area contributed by atoms with Gasteiger partial charge in [0, 0.05) is 31.7 Å². The second kappa shape index (κ2) is 7.77. The van der Waals surface area contributed by atoms with Gasteiger partial charge in [0.05, 0.1) is 10.9 Å². The molecule has 1 N–H and O–H groups in total. The molecule has 5 rings (SSSR count). The summed E-state index contributed by atoms with van der Waals surface area (Å²) < 4.78 is 29.0. The Morgan fingerprint density at radius 3 is 2.67 bits per heavy atom. The molecule has 3 fully saturated rings. The predicted molar refractivity (Wildman–Crippen MR) is 117 cm³/mol. The lowest BCUT2D eigenvalue weighted by Gasteiger charge is -2.54. The number of carbonyl (C=O) groups excluding carboxylic acids is 1. The fourth-order valence-electron chi connectivity index (χ4n) is 6.24. The third-order valence-corrected chi connectivity index (χ3v) is 9.29. The lowest BCUT2D eigenvalue weighted by Crippen LogP contribution is -2.59. The van der Waals surface area contributed by atoms with Gasteiger partial charge >= 0.3 is 0 Å². The molecule has 1 amide bonds. The minimum absolute atomic E-state index is 0.00195. The van der Waals surface area contributed by atoms with Crippen LogP contribution in [0, 0.1) is 11.8 Å². The molecule has 3 aliphatic heterocycles. The Kier molecular flexibility index (Phi) is 5.24. The summed E-state index contributed by atoms with van der Waals surface area (Å²) in [6, 6.07) is 7.24. The fourth-order valence-corrected chi connectivity index (χ4v) is 7.97. The molecule has 1 aliphatic carbocycles. The van der Waals surface area contributed by atoms with Crippen molar-refractivity contribution in [2.24, 2.45) is 11.8 Å². The number of benzene rings is 1. The maximum Gasteiger partial charge on any atom is 0.243 e. The number of carbonyl (C=O) groups is 1. The second-order valence-corrected chi connectivity index (χ2v) is 11.2. The van der Waals surface area contributed by atoms with Crippen molar-refractivity contribution in [3.8, 4) is 0 Å². The van der Waals surface area contributed by atoms with Crippen LogP contribution in [0.2, 0.25) is 0 Å². The molecule has 1 aromatic rings. The van der Waals surface area contributed by atoms with Crippen LogP contribution in [0.15, 0.2) is 40.8 Å². The molecule has 6 nitrogen and oxygen atoms in total. The molecule has 0 saturated carbocycles. The van der Waals surface area contributed by atoms with Crippen LogP contribution < -0.4 is 5.32 Å². The Hall–Kier alpha value is -1.70. The molecule has 30 heavy (non-hydrogen) atoms. The van der Waals surface area contributed by atoms with Crippen molar-refractivity contribution >= 4 is 21.6 Å². The van der Waals surface area contributed by atoms with Gasteiger partial charge in [0.15, 0.2) is 0 Å². The molecule has 0 aromatic heterocycles. The number of nitrogens with one attached hydrogen (secondary N) is 1. The Balaban J connectivity index is 1.44. The smallest absolute Gasteiger partial charge is 0.243 e. The monoisotopic (exact) mass is 429 g/mol. The van der Waals surface area contributed by atoms with E-state index in [2.05, 4.69) is 16.3 Å². The lowest BCUT2D eigenvalue weighted by atomic mass is 9.68. The number of sulfonamides is 1. The number of piperidine rings is 3. The van der Waals surface area contributed by atoms with Gasteiger partial charge in [-0.1, -0.05) is 18.1 Å². The van der Waals surface area contributed by atoms with Crippen molar-refractivity contribution in [2.45, 2.75) is 62.4 Å². The van der Waals surface area contributed by atoms with Crippen LogP contribution >= 0.6 is 0 Å². The van der Waals surface area contributed by atoms with Gasteiger partial charge in [-0.15, -0.1) is 0 Å². The highest BCUT2D eigenvalue weighted by atomic mass is 32.2. The number of nitrogens with zero attached hydrogens (tertiary/aromatic N) is 2. The summed E-state index contributed by atoms with van der Waals surface area (Å²) in [6.45, 7) is 4.21. The molecule has 7 heteroatoms. The number of fused-ring (bicyclic) bond motifs is 6. The largest absolute Gasteiger partial charge is 0.326 e. The maximum atomic E-state index is 13.6. The Labute approximate surface area is 179 Å². The molecule has 1 aromatic carbocycles. The third kappa shape index (κ3) is 3.51. The van der Waals surface area contributed by atoms with Crippen molar-refractivity contribution < 1.29 is 13.2 Å². The molecule has 3 saturated heterocycles. The highest BCUT2D eigenvalue weighted by molar-refractivity contribution is 7.89. The first-order valence-electron chi connectivity index (χ1n) is 11.3. The summed E-state index contributed by atoms with van der Waals surface area (Å²) in [4.78, 5) is 14.2. The average molecular weight is 430 g/mol. The van der Waals surface area contributed by atoms with Crippen molar-refractivity contribution in [1.29, 1.82) is 0 Å². The van der Waals surface area contributed by atoms with Gasteiger partial charge in [0.2, 0.25) is 15.9 Å². The van der Waals surface area contributed by atoms with Gasteiger partial charge in [0.25, 0.3) is 0 Å². The zero-order valence-corrected chi connectivity index (χ0v) is 18.4. The number of hydrogen-bond acceptors (Lipinski definition) is 4. The molecule has 0 radical (unpaired) electrons. The first-order valence-corrected chi connectivity index (χ1v) is 12.7. The number of amides is 1. The highest BCUT2D eigenvalue weighted by Gasteiger charge is 2.48. The molecule has 0 spiro atoms. The van der Waals surface area contributed by atoms with Crippen LogP contribution in [-0.4, -0.2) is 55.2 Å². The second-order valence-electron chi connectivity index (χ2n) is 9.33. The van der Waals surface area contributed by atoms with Gasteiger partial charge < -0.3 is 5.32 Å². The van der Waals surface area contributed by atoms with Crippen LogP contribution in [0.1, 0.15) is 45.4 Å². The van der Waals surface area contributed by atoms with E-state index in [1.54, 1.807) is 28.6 Å². The molecule has 4 aliphatic rings. The zero-order valence-electron chi connectivity index (χ0n) is 17.6. The molecule has 2 bridgehead atoms. The summed E-state index contributed by atoms with van der Waals surface area (Å²) >= 11 is 0. The Morgan fingerprint density at radius 1 is 1.10 bits per heavy atom. The lowest BCUT2D eigenvalue weighted by molar-refractivity contribution is -0.114. The zero-order chi connectivity index (χ0) is 20.9. The number of anilines is 1. The molecular formula is C23H31N3O3S. The summed E-state index contributed by atoms with van der Waals surface area (Å²) in [5, 5.41) is 2.70. The Morgan fingerprint density at radius 2 is 1.90 bits per heavy atom. The van der Waals surface area contributed by atoms with Crippen LogP contribution in [0.5, 0.6) is 0 Å². The summed E-state index contributed by atoms with van der Waals surface area (Å²) in [5.41, 5.74) is 1.97. The van der Waals surface area contributed by atoms with Crippen molar-refractivity contribution in [3.05, 3.63) is 35.9 Å². The Bertz CT molecular complexity index is 956. The van der Waals surface area contributed by atoms with Crippen LogP contribution in [-0.2, 0) is 14.8 Å². The van der Waals surface area contributed by atoms with E-state index in [1.165, 1.54) is 31.8 Å². The minimum atomic E-state index is -3.58. The van der Waals surface area contributed by atoms with E-state index in [9.17, 15) is 13.2 Å². The summed E-state index contributed by atoms with van der Waals surface area (Å²) in [5.74, 6) is 0.814. The maximum absolute atomic E-state index is 13.6. The van der Waals surface area contributed by atoms with E-state index in [0.29, 0.717) is 35.0 Å². The van der Waals surface area contributed by atoms with Gasteiger partial charge in [-0.25, -0.2) is 8.42 Å². The normalized spacial score (nSPS) is 32.0. The predicted octanol–water partition coefficient (Wildman–Crippen LogP) is 3.23. The van der Waals surface area contributed by atoms with Crippen molar-refractivity contribution in [3.63, 3.8) is 0 Å². The first-order chi connectivity index (χ1) is 14.4. The van der Waals surface area contributed by atoms with Gasteiger partial charge in [-0.3, -0.25) is 9.69 Å².